The highest BCUT2D eigenvalue weighted by Gasteiger charge is 2.13. The molecule has 0 aliphatic rings. The lowest BCUT2D eigenvalue weighted by Crippen LogP contribution is -2.32. The zero-order chi connectivity index (χ0) is 23.8. The van der Waals surface area contributed by atoms with Crippen molar-refractivity contribution in [3.05, 3.63) is 65.4 Å². The molecule has 3 N–H and O–H groups in total. The van der Waals surface area contributed by atoms with Crippen LogP contribution >= 0.6 is 0 Å². The van der Waals surface area contributed by atoms with E-state index in [9.17, 15) is 9.90 Å². The van der Waals surface area contributed by atoms with Gasteiger partial charge in [-0.25, -0.2) is 4.98 Å². The Morgan fingerprint density at radius 1 is 1.15 bits per heavy atom. The van der Waals surface area contributed by atoms with Crippen molar-refractivity contribution in [1.29, 1.82) is 0 Å². The van der Waals surface area contributed by atoms with E-state index in [-0.39, 0.29) is 5.78 Å². The van der Waals surface area contributed by atoms with Gasteiger partial charge in [0.15, 0.2) is 5.78 Å². The van der Waals surface area contributed by atoms with Crippen LogP contribution in [0.25, 0.3) is 10.8 Å². The number of ether oxygens (including phenoxy) is 1. The topological polar surface area (TPSA) is 88.7 Å². The molecule has 3 rings (SSSR count). The first kappa shape index (κ1) is 24.2. The molecule has 0 radical (unpaired) electrons. The van der Waals surface area contributed by atoms with Crippen LogP contribution in [0.5, 0.6) is 5.75 Å². The Labute approximate surface area is 195 Å². The van der Waals surface area contributed by atoms with Gasteiger partial charge in [0.25, 0.3) is 0 Å². The normalized spacial score (nSPS) is 11.8. The highest BCUT2D eigenvalue weighted by Crippen LogP contribution is 2.26. The van der Waals surface area contributed by atoms with Crippen LogP contribution in [0.4, 0.5) is 5.82 Å². The number of anilines is 1. The summed E-state index contributed by atoms with van der Waals surface area (Å²) >= 11 is 0. The van der Waals surface area contributed by atoms with Crippen molar-refractivity contribution in [3.63, 3.8) is 0 Å². The van der Waals surface area contributed by atoms with Crippen molar-refractivity contribution < 1.29 is 14.6 Å². The lowest BCUT2D eigenvalue weighted by atomic mass is 10.0. The first-order valence-corrected chi connectivity index (χ1v) is 11.2. The fraction of sp³-hybridized carbons (Fsp3) is 0.333. The average molecular weight is 446 g/mol. The summed E-state index contributed by atoms with van der Waals surface area (Å²) in [7, 11) is 1.62. The van der Waals surface area contributed by atoms with Crippen molar-refractivity contribution in [2.45, 2.75) is 32.8 Å². The molecule has 1 aromatic heterocycles. The van der Waals surface area contributed by atoms with Crippen LogP contribution in [0.15, 0.2) is 48.7 Å². The number of Topliss-reactive ketones (excluding diaryl/α,β-unsaturated/α-hetero) is 1. The molecule has 1 atom stereocenters. The molecule has 6 nitrogen and oxygen atoms in total. The van der Waals surface area contributed by atoms with E-state index in [4.69, 9.17) is 10.5 Å². The quantitative estimate of drug-likeness (QED) is 0.384. The van der Waals surface area contributed by atoms with Gasteiger partial charge in [-0.1, -0.05) is 37.8 Å². The van der Waals surface area contributed by atoms with Gasteiger partial charge in [-0.3, -0.25) is 4.79 Å². The number of aliphatic hydroxyl groups is 1. The third-order valence-electron chi connectivity index (χ3n) is 5.74. The third-order valence-corrected chi connectivity index (χ3v) is 5.74. The number of aromatic nitrogens is 1. The van der Waals surface area contributed by atoms with Gasteiger partial charge >= 0.3 is 0 Å². The van der Waals surface area contributed by atoms with Gasteiger partial charge in [0.2, 0.25) is 0 Å². The fourth-order valence-corrected chi connectivity index (χ4v) is 3.65. The molecular formula is C27H31N3O3. The molecule has 0 saturated heterocycles. The summed E-state index contributed by atoms with van der Waals surface area (Å²) in [4.78, 5) is 18.9. The summed E-state index contributed by atoms with van der Waals surface area (Å²) in [5.74, 6) is 7.34. The molecule has 1 heterocycles. The van der Waals surface area contributed by atoms with Crippen LogP contribution in [0.3, 0.4) is 0 Å². The average Bonchev–Trinajstić information content (AvgIpc) is 2.85. The standard InChI is InChI=1S/C27H31N3O3/c1-4-30(5-2)18-22(31)12-15-26(32)20-9-6-19(7-10-20)8-14-24-25-16-23(33-3)13-11-21(25)17-29-27(24)28/h6-7,9-11,13,16-17,22,31H,4-5,12,15,18H2,1-3H3,(H2,28,29). The third kappa shape index (κ3) is 6.32. The number of fused-ring (bicyclic) bond motifs is 1. The van der Waals surface area contributed by atoms with Crippen LogP contribution in [0, 0.1) is 11.8 Å². The fourth-order valence-electron chi connectivity index (χ4n) is 3.65. The molecule has 0 saturated carbocycles. The highest BCUT2D eigenvalue weighted by atomic mass is 16.5. The molecule has 33 heavy (non-hydrogen) atoms. The van der Waals surface area contributed by atoms with Crippen molar-refractivity contribution in [3.8, 4) is 17.6 Å². The van der Waals surface area contributed by atoms with Gasteiger partial charge < -0.3 is 20.5 Å². The lowest BCUT2D eigenvalue weighted by Gasteiger charge is -2.21. The van der Waals surface area contributed by atoms with E-state index in [2.05, 4.69) is 35.6 Å². The number of carbonyl (C=O) groups excluding carboxylic acids is 1. The summed E-state index contributed by atoms with van der Waals surface area (Å²) < 4.78 is 5.32. The van der Waals surface area contributed by atoms with E-state index >= 15 is 0 Å². The Hall–Kier alpha value is -3.40. The molecule has 0 amide bonds. The van der Waals surface area contributed by atoms with Crippen molar-refractivity contribution >= 4 is 22.4 Å². The molecular weight excluding hydrogens is 414 g/mol. The molecule has 0 spiro atoms. The monoisotopic (exact) mass is 445 g/mol. The van der Waals surface area contributed by atoms with Gasteiger partial charge in [0.1, 0.15) is 11.6 Å². The molecule has 0 fully saturated rings. The van der Waals surface area contributed by atoms with Crippen molar-refractivity contribution in [2.24, 2.45) is 0 Å². The van der Waals surface area contributed by atoms with E-state index in [1.54, 1.807) is 25.4 Å². The van der Waals surface area contributed by atoms with Crippen LogP contribution in [-0.2, 0) is 0 Å². The predicted octanol–water partition coefficient (Wildman–Crippen LogP) is 3.89. The predicted molar refractivity (Wildman–Crippen MR) is 132 cm³/mol. The summed E-state index contributed by atoms with van der Waals surface area (Å²) in [5, 5.41) is 12.0. The van der Waals surface area contributed by atoms with Crippen molar-refractivity contribution in [1.82, 2.24) is 9.88 Å². The smallest absolute Gasteiger partial charge is 0.162 e. The largest absolute Gasteiger partial charge is 0.497 e. The Kier molecular flexibility index (Phi) is 8.42. The first-order valence-electron chi connectivity index (χ1n) is 11.2. The summed E-state index contributed by atoms with van der Waals surface area (Å²) in [5.41, 5.74) is 8.12. The van der Waals surface area contributed by atoms with Crippen LogP contribution in [0.2, 0.25) is 0 Å². The number of hydrogen-bond donors (Lipinski definition) is 2. The maximum absolute atomic E-state index is 12.5. The zero-order valence-electron chi connectivity index (χ0n) is 19.5. The number of aliphatic hydroxyl groups excluding tert-OH is 1. The molecule has 172 valence electrons. The molecule has 0 aliphatic carbocycles. The van der Waals surface area contributed by atoms with E-state index in [0.717, 1.165) is 35.2 Å². The molecule has 6 heteroatoms. The number of pyridine rings is 1. The second-order valence-corrected chi connectivity index (χ2v) is 7.90. The van der Waals surface area contributed by atoms with E-state index in [0.29, 0.717) is 36.3 Å². The number of methoxy groups -OCH3 is 1. The van der Waals surface area contributed by atoms with Crippen LogP contribution in [0.1, 0.15) is 48.2 Å². The second kappa shape index (κ2) is 11.5. The number of benzene rings is 2. The number of nitrogens with two attached hydrogens (primary N) is 1. The van der Waals surface area contributed by atoms with E-state index in [1.165, 1.54) is 0 Å². The molecule has 3 aromatic rings. The van der Waals surface area contributed by atoms with Gasteiger partial charge in [0, 0.05) is 41.1 Å². The number of carbonyl (C=O) groups is 1. The Balaban J connectivity index is 1.70. The number of likely N-dealkylation sites (N-methyl/N-ethyl adjacent to an activating group) is 1. The zero-order valence-corrected chi connectivity index (χ0v) is 19.5. The minimum Gasteiger partial charge on any atom is -0.497 e. The number of rotatable bonds is 9. The maximum atomic E-state index is 12.5. The number of nitrogen functional groups attached to an aromatic ring is 1. The molecule has 0 aliphatic heterocycles. The molecule has 1 unspecified atom stereocenters. The molecule has 0 bridgehead atoms. The maximum Gasteiger partial charge on any atom is 0.162 e. The van der Waals surface area contributed by atoms with Gasteiger partial charge in [-0.05, 0) is 49.8 Å². The van der Waals surface area contributed by atoms with Crippen LogP contribution < -0.4 is 10.5 Å². The molecule has 2 aromatic carbocycles. The van der Waals surface area contributed by atoms with E-state index < -0.39 is 6.10 Å². The van der Waals surface area contributed by atoms with Gasteiger partial charge in [-0.15, -0.1) is 0 Å². The second-order valence-electron chi connectivity index (χ2n) is 7.90. The van der Waals surface area contributed by atoms with Gasteiger partial charge in [0.05, 0.1) is 18.8 Å². The Bertz CT molecular complexity index is 1160. The van der Waals surface area contributed by atoms with E-state index in [1.807, 2.05) is 30.3 Å². The summed E-state index contributed by atoms with van der Waals surface area (Å²) in [6, 6.07) is 12.9. The minimum absolute atomic E-state index is 0.0164. The van der Waals surface area contributed by atoms with Crippen LogP contribution in [-0.4, -0.2) is 53.6 Å². The van der Waals surface area contributed by atoms with Crippen molar-refractivity contribution in [2.75, 3.05) is 32.5 Å². The summed E-state index contributed by atoms with van der Waals surface area (Å²) in [6.45, 7) is 6.49. The number of hydrogen-bond acceptors (Lipinski definition) is 6. The lowest BCUT2D eigenvalue weighted by molar-refractivity contribution is 0.0877. The Morgan fingerprint density at radius 2 is 1.88 bits per heavy atom. The Morgan fingerprint density at radius 3 is 2.55 bits per heavy atom. The summed E-state index contributed by atoms with van der Waals surface area (Å²) in [6.07, 6.45) is 1.98. The number of ketones is 1. The highest BCUT2D eigenvalue weighted by molar-refractivity contribution is 5.96. The van der Waals surface area contributed by atoms with Gasteiger partial charge in [-0.2, -0.15) is 0 Å². The first-order chi connectivity index (χ1) is 15.9. The minimum atomic E-state index is -0.502. The SMILES string of the molecule is CCN(CC)CC(O)CCC(=O)c1ccc(C#Cc2c(N)ncc3ccc(OC)cc23)cc1. The number of nitrogens with zero attached hydrogens (tertiary/aromatic N) is 2.